The monoisotopic (exact) mass is 297 g/mol. The number of likely N-dealkylation sites (tertiary alicyclic amines) is 1. The van der Waals surface area contributed by atoms with Crippen molar-refractivity contribution in [2.24, 2.45) is 11.8 Å². The Balaban J connectivity index is 2.00. The highest BCUT2D eigenvalue weighted by Crippen LogP contribution is 2.28. The molecule has 1 aliphatic heterocycles. The van der Waals surface area contributed by atoms with Crippen molar-refractivity contribution in [3.05, 3.63) is 28.2 Å². The Morgan fingerprint density at radius 1 is 1.47 bits per heavy atom. The summed E-state index contributed by atoms with van der Waals surface area (Å²) >= 11 is 3.54. The van der Waals surface area contributed by atoms with Gasteiger partial charge in [0.2, 0.25) is 0 Å². The van der Waals surface area contributed by atoms with Gasteiger partial charge in [0.05, 0.1) is 0 Å². The van der Waals surface area contributed by atoms with Crippen LogP contribution in [0.3, 0.4) is 0 Å². The van der Waals surface area contributed by atoms with Crippen molar-refractivity contribution in [1.82, 2.24) is 4.90 Å². The lowest BCUT2D eigenvalue weighted by molar-refractivity contribution is 0.296. The fourth-order valence-electron chi connectivity index (χ4n) is 2.47. The van der Waals surface area contributed by atoms with E-state index in [-0.39, 0.29) is 0 Å². The predicted molar refractivity (Wildman–Crippen MR) is 74.0 cm³/mol. The molecule has 0 aromatic heterocycles. The molecule has 0 radical (unpaired) electrons. The summed E-state index contributed by atoms with van der Waals surface area (Å²) in [4.78, 5) is 2.48. The molecule has 94 valence electrons. The molecule has 2 rings (SSSR count). The van der Waals surface area contributed by atoms with E-state index in [1.165, 1.54) is 25.1 Å². The molecule has 1 fully saturated rings. The maximum Gasteiger partial charge on any atom is 0.115 e. The number of hydrogen-bond donors (Lipinski definition) is 1. The number of benzene rings is 1. The van der Waals surface area contributed by atoms with Gasteiger partial charge in [-0.2, -0.15) is 0 Å². The fraction of sp³-hybridized carbons (Fsp3) is 0.571. The molecule has 3 heteroatoms. The predicted octanol–water partition coefficient (Wildman–Crippen LogP) is 3.63. The highest BCUT2D eigenvalue weighted by Gasteiger charge is 2.24. The van der Waals surface area contributed by atoms with Gasteiger partial charge < -0.3 is 5.11 Å². The molecule has 1 unspecified atom stereocenters. The summed E-state index contributed by atoms with van der Waals surface area (Å²) in [7, 11) is 0. The van der Waals surface area contributed by atoms with Crippen molar-refractivity contribution in [1.29, 1.82) is 0 Å². The van der Waals surface area contributed by atoms with Gasteiger partial charge in [-0.05, 0) is 48.6 Å². The van der Waals surface area contributed by atoms with E-state index in [2.05, 4.69) is 34.7 Å². The van der Waals surface area contributed by atoms with Crippen LogP contribution in [0.4, 0.5) is 0 Å². The number of rotatable bonds is 3. The molecule has 1 heterocycles. The number of aromatic hydroxyl groups is 1. The lowest BCUT2D eigenvalue weighted by Crippen LogP contribution is -2.21. The van der Waals surface area contributed by atoms with Gasteiger partial charge in [0.25, 0.3) is 0 Å². The van der Waals surface area contributed by atoms with Gasteiger partial charge in [-0.1, -0.05) is 29.8 Å². The molecule has 0 amide bonds. The molecule has 1 aliphatic rings. The minimum atomic E-state index is 0.350. The molecular weight excluding hydrogens is 278 g/mol. The van der Waals surface area contributed by atoms with Crippen LogP contribution in [0.1, 0.15) is 25.8 Å². The summed E-state index contributed by atoms with van der Waals surface area (Å²) in [5.41, 5.74) is 1.18. The minimum Gasteiger partial charge on any atom is -0.508 e. The molecule has 1 N–H and O–H groups in total. The summed E-state index contributed by atoms with van der Waals surface area (Å²) in [6, 6.07) is 5.49. The van der Waals surface area contributed by atoms with Crippen LogP contribution in [0, 0.1) is 11.8 Å². The standard InChI is InChI=1S/C14H20BrNO/c1-10(2)11-5-6-16(8-11)9-12-7-13(17)3-4-14(12)15/h3-4,7,10-11,17H,5-6,8-9H2,1-2H3. The molecular formula is C14H20BrNO. The van der Waals surface area contributed by atoms with Crippen LogP contribution in [0.5, 0.6) is 5.75 Å². The Morgan fingerprint density at radius 2 is 2.24 bits per heavy atom. The average Bonchev–Trinajstić information content (AvgIpc) is 2.72. The quantitative estimate of drug-likeness (QED) is 0.921. The Bertz CT molecular complexity index is 392. The summed E-state index contributed by atoms with van der Waals surface area (Å²) in [5, 5.41) is 9.51. The molecule has 0 saturated carbocycles. The Labute approximate surface area is 112 Å². The fourth-order valence-corrected chi connectivity index (χ4v) is 2.85. The van der Waals surface area contributed by atoms with Crippen molar-refractivity contribution in [2.75, 3.05) is 13.1 Å². The Kier molecular flexibility index (Phi) is 4.10. The molecule has 17 heavy (non-hydrogen) atoms. The third kappa shape index (κ3) is 3.23. The van der Waals surface area contributed by atoms with Crippen molar-refractivity contribution in [3.63, 3.8) is 0 Å². The molecule has 1 aromatic carbocycles. The second kappa shape index (κ2) is 5.40. The maximum atomic E-state index is 9.51. The van der Waals surface area contributed by atoms with E-state index in [1.807, 2.05) is 12.1 Å². The first-order chi connectivity index (χ1) is 8.06. The van der Waals surface area contributed by atoms with E-state index in [0.717, 1.165) is 22.9 Å². The highest BCUT2D eigenvalue weighted by atomic mass is 79.9. The lowest BCUT2D eigenvalue weighted by atomic mass is 9.95. The second-order valence-electron chi connectivity index (χ2n) is 5.30. The largest absolute Gasteiger partial charge is 0.508 e. The number of phenols is 1. The highest BCUT2D eigenvalue weighted by molar-refractivity contribution is 9.10. The summed E-state index contributed by atoms with van der Waals surface area (Å²) < 4.78 is 1.09. The number of phenolic OH excluding ortho intramolecular Hbond substituents is 1. The molecule has 1 aromatic rings. The Morgan fingerprint density at radius 3 is 2.88 bits per heavy atom. The maximum absolute atomic E-state index is 9.51. The molecule has 0 aliphatic carbocycles. The van der Waals surface area contributed by atoms with Gasteiger partial charge in [-0.25, -0.2) is 0 Å². The topological polar surface area (TPSA) is 23.5 Å². The average molecular weight is 298 g/mol. The van der Waals surface area contributed by atoms with E-state index in [1.54, 1.807) is 6.07 Å². The third-order valence-corrected chi connectivity index (χ3v) is 4.45. The number of hydrogen-bond acceptors (Lipinski definition) is 2. The lowest BCUT2D eigenvalue weighted by Gasteiger charge is -2.18. The van der Waals surface area contributed by atoms with Gasteiger partial charge in [-0.3, -0.25) is 4.90 Å². The van der Waals surface area contributed by atoms with E-state index in [4.69, 9.17) is 0 Å². The SMILES string of the molecule is CC(C)C1CCN(Cc2cc(O)ccc2Br)C1. The van der Waals surface area contributed by atoms with Crippen molar-refractivity contribution >= 4 is 15.9 Å². The van der Waals surface area contributed by atoms with Crippen LogP contribution in [0.15, 0.2) is 22.7 Å². The van der Waals surface area contributed by atoms with Crippen molar-refractivity contribution < 1.29 is 5.11 Å². The van der Waals surface area contributed by atoms with E-state index in [9.17, 15) is 5.11 Å². The zero-order valence-electron chi connectivity index (χ0n) is 10.5. The summed E-state index contributed by atoms with van der Waals surface area (Å²) in [5.74, 6) is 1.95. The second-order valence-corrected chi connectivity index (χ2v) is 6.16. The van der Waals surface area contributed by atoms with Crippen LogP contribution in [-0.4, -0.2) is 23.1 Å². The minimum absolute atomic E-state index is 0.350. The summed E-state index contributed by atoms with van der Waals surface area (Å²) in [6.45, 7) is 7.89. The van der Waals surface area contributed by atoms with Crippen LogP contribution in [0.25, 0.3) is 0 Å². The van der Waals surface area contributed by atoms with E-state index in [0.29, 0.717) is 5.75 Å². The smallest absolute Gasteiger partial charge is 0.115 e. The molecule has 0 spiro atoms. The molecule has 1 atom stereocenters. The van der Waals surface area contributed by atoms with Gasteiger partial charge in [0.15, 0.2) is 0 Å². The first-order valence-corrected chi connectivity index (χ1v) is 7.05. The Hall–Kier alpha value is -0.540. The molecule has 2 nitrogen and oxygen atoms in total. The number of halogens is 1. The zero-order valence-corrected chi connectivity index (χ0v) is 12.1. The normalized spacial score (nSPS) is 21.3. The van der Waals surface area contributed by atoms with E-state index < -0.39 is 0 Å². The van der Waals surface area contributed by atoms with Crippen LogP contribution in [0.2, 0.25) is 0 Å². The zero-order chi connectivity index (χ0) is 12.4. The molecule has 0 bridgehead atoms. The molecule has 1 saturated heterocycles. The van der Waals surface area contributed by atoms with E-state index >= 15 is 0 Å². The first-order valence-electron chi connectivity index (χ1n) is 6.26. The first kappa shape index (κ1) is 12.9. The van der Waals surface area contributed by atoms with Gasteiger partial charge in [-0.15, -0.1) is 0 Å². The van der Waals surface area contributed by atoms with Crippen LogP contribution < -0.4 is 0 Å². The third-order valence-electron chi connectivity index (χ3n) is 3.67. The van der Waals surface area contributed by atoms with Crippen molar-refractivity contribution in [3.8, 4) is 5.75 Å². The summed E-state index contributed by atoms with van der Waals surface area (Å²) in [6.07, 6.45) is 1.30. The van der Waals surface area contributed by atoms with Crippen molar-refractivity contribution in [2.45, 2.75) is 26.8 Å². The van der Waals surface area contributed by atoms with Gasteiger partial charge in [0.1, 0.15) is 5.75 Å². The van der Waals surface area contributed by atoms with Gasteiger partial charge >= 0.3 is 0 Å². The van der Waals surface area contributed by atoms with Crippen LogP contribution in [-0.2, 0) is 6.54 Å². The van der Waals surface area contributed by atoms with Gasteiger partial charge in [0, 0.05) is 17.6 Å². The number of nitrogens with zero attached hydrogens (tertiary/aromatic N) is 1. The van der Waals surface area contributed by atoms with Crippen LogP contribution >= 0.6 is 15.9 Å².